The maximum absolute atomic E-state index is 10.6. The van der Waals surface area contributed by atoms with Gasteiger partial charge in [-0.2, -0.15) is 26.3 Å². The Kier molecular flexibility index (Phi) is 11.3. The Morgan fingerprint density at radius 3 is 2.11 bits per heavy atom. The molecule has 10 nitrogen and oxygen atoms in total. The number of furan rings is 1. The van der Waals surface area contributed by atoms with Crippen molar-refractivity contribution in [3.63, 3.8) is 0 Å². The summed E-state index contributed by atoms with van der Waals surface area (Å²) in [6, 6.07) is 4.13. The highest BCUT2D eigenvalue weighted by molar-refractivity contribution is 5.73. The van der Waals surface area contributed by atoms with E-state index in [0.717, 1.165) is 44.4 Å². The largest absolute Gasteiger partial charge is 0.490 e. The number of ether oxygens (including phenoxy) is 1. The van der Waals surface area contributed by atoms with Crippen LogP contribution in [0.5, 0.6) is 0 Å². The van der Waals surface area contributed by atoms with E-state index >= 15 is 0 Å². The van der Waals surface area contributed by atoms with Crippen molar-refractivity contribution in [2.75, 3.05) is 37.7 Å². The van der Waals surface area contributed by atoms with Gasteiger partial charge in [0.15, 0.2) is 0 Å². The van der Waals surface area contributed by atoms with Crippen molar-refractivity contribution >= 4 is 17.8 Å². The molecule has 1 atom stereocenters. The number of anilines is 1. The summed E-state index contributed by atoms with van der Waals surface area (Å²) < 4.78 is 74.4. The fraction of sp³-hybridized carbons (Fsp3) is 0.545. The summed E-state index contributed by atoms with van der Waals surface area (Å²) >= 11 is 0. The smallest absolute Gasteiger partial charge is 0.475 e. The highest BCUT2D eigenvalue weighted by Gasteiger charge is 2.39. The molecule has 4 heterocycles. The van der Waals surface area contributed by atoms with E-state index in [2.05, 4.69) is 14.8 Å². The molecule has 212 valence electrons. The van der Waals surface area contributed by atoms with Gasteiger partial charge in [-0.15, -0.1) is 0 Å². The number of carbonyl (C=O) groups is 2. The molecule has 0 saturated carbocycles. The molecule has 2 aliphatic rings. The van der Waals surface area contributed by atoms with Crippen LogP contribution in [0.4, 0.5) is 32.2 Å². The number of piperidine rings is 1. The van der Waals surface area contributed by atoms with Gasteiger partial charge in [0.05, 0.1) is 31.8 Å². The summed E-state index contributed by atoms with van der Waals surface area (Å²) in [5.74, 6) is -3.60. The summed E-state index contributed by atoms with van der Waals surface area (Å²) in [5.41, 5.74) is 1.18. The quantitative estimate of drug-likeness (QED) is 0.535. The van der Waals surface area contributed by atoms with Crippen molar-refractivity contribution in [2.24, 2.45) is 0 Å². The molecular formula is C22H26F6N4O6. The molecular weight excluding hydrogens is 530 g/mol. The first-order chi connectivity index (χ1) is 17.8. The number of halogens is 6. The maximum Gasteiger partial charge on any atom is 0.490 e. The van der Waals surface area contributed by atoms with Crippen LogP contribution in [-0.2, 0) is 20.9 Å². The van der Waals surface area contributed by atoms with Gasteiger partial charge < -0.3 is 24.3 Å². The van der Waals surface area contributed by atoms with Gasteiger partial charge in [0, 0.05) is 37.9 Å². The predicted octanol–water partition coefficient (Wildman–Crippen LogP) is 3.90. The Morgan fingerprint density at radius 2 is 1.58 bits per heavy atom. The van der Waals surface area contributed by atoms with Gasteiger partial charge in [-0.1, -0.05) is 0 Å². The van der Waals surface area contributed by atoms with Gasteiger partial charge in [-0.05, 0) is 31.4 Å². The van der Waals surface area contributed by atoms with Crippen molar-refractivity contribution in [3.8, 4) is 0 Å². The summed E-state index contributed by atoms with van der Waals surface area (Å²) in [6.07, 6.45) is -0.937. The molecule has 0 bridgehead atoms. The lowest BCUT2D eigenvalue weighted by Gasteiger charge is -2.35. The molecule has 2 N–H and O–H groups in total. The van der Waals surface area contributed by atoms with Crippen molar-refractivity contribution in [1.82, 2.24) is 14.9 Å². The van der Waals surface area contributed by atoms with E-state index < -0.39 is 24.3 Å². The minimum atomic E-state index is -5.08. The Morgan fingerprint density at radius 1 is 0.974 bits per heavy atom. The van der Waals surface area contributed by atoms with Crippen LogP contribution in [0.1, 0.15) is 36.7 Å². The molecule has 38 heavy (non-hydrogen) atoms. The van der Waals surface area contributed by atoms with Gasteiger partial charge in [-0.25, -0.2) is 19.6 Å². The molecule has 2 fully saturated rings. The number of alkyl halides is 6. The van der Waals surface area contributed by atoms with Crippen molar-refractivity contribution in [3.05, 3.63) is 42.2 Å². The zero-order valence-corrected chi connectivity index (χ0v) is 19.9. The molecule has 2 saturated heterocycles. The topological polar surface area (TPSA) is 129 Å². The molecule has 2 aromatic rings. The zero-order chi connectivity index (χ0) is 28.3. The number of aromatic nitrogens is 2. The normalized spacial score (nSPS) is 18.5. The van der Waals surface area contributed by atoms with E-state index in [1.165, 1.54) is 24.8 Å². The minimum absolute atomic E-state index is 0.0957. The van der Waals surface area contributed by atoms with Gasteiger partial charge in [0.2, 0.25) is 0 Å². The van der Waals surface area contributed by atoms with Crippen LogP contribution in [0.3, 0.4) is 0 Å². The van der Waals surface area contributed by atoms with E-state index in [1.807, 2.05) is 18.3 Å². The van der Waals surface area contributed by atoms with E-state index in [9.17, 15) is 26.3 Å². The Bertz CT molecular complexity index is 989. The maximum atomic E-state index is 10.6. The van der Waals surface area contributed by atoms with Crippen molar-refractivity contribution in [2.45, 2.75) is 44.2 Å². The predicted molar refractivity (Wildman–Crippen MR) is 118 cm³/mol. The third-order valence-electron chi connectivity index (χ3n) is 5.33. The first kappa shape index (κ1) is 30.8. The second-order valence-corrected chi connectivity index (χ2v) is 8.12. The van der Waals surface area contributed by atoms with Crippen LogP contribution >= 0.6 is 0 Å². The van der Waals surface area contributed by atoms with Crippen LogP contribution in [0, 0.1) is 0 Å². The van der Waals surface area contributed by atoms with Crippen molar-refractivity contribution < 1.29 is 55.3 Å². The number of aliphatic carboxylic acids is 2. The third-order valence-corrected chi connectivity index (χ3v) is 5.33. The molecule has 1 unspecified atom stereocenters. The highest BCUT2D eigenvalue weighted by atomic mass is 19.4. The molecule has 0 aliphatic carbocycles. The summed E-state index contributed by atoms with van der Waals surface area (Å²) in [5, 5.41) is 14.2. The monoisotopic (exact) mass is 556 g/mol. The van der Waals surface area contributed by atoms with Crippen LogP contribution in [-0.4, -0.2) is 82.2 Å². The van der Waals surface area contributed by atoms with Crippen LogP contribution in [0.25, 0.3) is 0 Å². The number of morpholine rings is 1. The SMILES string of the molecule is O=C(O)C(F)(F)F.O=C(O)C(F)(F)F.c1cc(N2CCCCC2)nc(C2COCCN2Cc2ccoc2)n1. The highest BCUT2D eigenvalue weighted by Crippen LogP contribution is 2.26. The van der Waals surface area contributed by atoms with Gasteiger partial charge >= 0.3 is 24.3 Å². The first-order valence-electron chi connectivity index (χ1n) is 11.3. The summed E-state index contributed by atoms with van der Waals surface area (Å²) in [4.78, 5) is 32.0. The third kappa shape index (κ3) is 10.2. The lowest BCUT2D eigenvalue weighted by Crippen LogP contribution is -2.40. The second kappa shape index (κ2) is 13.9. The number of nitrogens with zero attached hydrogens (tertiary/aromatic N) is 4. The number of hydrogen-bond donors (Lipinski definition) is 2. The van der Waals surface area contributed by atoms with Gasteiger partial charge in [-0.3, -0.25) is 4.90 Å². The van der Waals surface area contributed by atoms with E-state index in [-0.39, 0.29) is 6.04 Å². The molecule has 16 heteroatoms. The summed E-state index contributed by atoms with van der Waals surface area (Å²) in [7, 11) is 0. The molecule has 0 amide bonds. The van der Waals surface area contributed by atoms with Crippen LogP contribution in [0.2, 0.25) is 0 Å². The molecule has 0 aromatic carbocycles. The van der Waals surface area contributed by atoms with E-state index in [0.29, 0.717) is 6.61 Å². The molecule has 2 aromatic heterocycles. The van der Waals surface area contributed by atoms with Gasteiger partial charge in [0.25, 0.3) is 0 Å². The van der Waals surface area contributed by atoms with E-state index in [1.54, 1.807) is 12.5 Å². The Labute approximate surface area is 212 Å². The number of carboxylic acids is 2. The fourth-order valence-corrected chi connectivity index (χ4v) is 3.51. The van der Waals surface area contributed by atoms with E-state index in [4.69, 9.17) is 33.9 Å². The number of rotatable bonds is 4. The average Bonchev–Trinajstić information content (AvgIpc) is 3.38. The lowest BCUT2D eigenvalue weighted by molar-refractivity contribution is -0.193. The zero-order valence-electron chi connectivity index (χ0n) is 19.9. The van der Waals surface area contributed by atoms with Crippen LogP contribution < -0.4 is 4.90 Å². The Balaban J connectivity index is 0.000000301. The molecule has 0 radical (unpaired) electrons. The first-order valence-corrected chi connectivity index (χ1v) is 11.3. The van der Waals surface area contributed by atoms with Gasteiger partial charge in [0.1, 0.15) is 11.6 Å². The standard InChI is InChI=1S/C18H24N4O2.2C2HF3O2/c1-2-7-21(8-3-1)17-4-6-19-18(20-17)16-14-24-11-9-22(16)12-15-5-10-23-13-15;2*3-2(4,5)1(6)7/h4-6,10,13,16H,1-3,7-9,11-12,14H2;2*(H,6,7). The van der Waals surface area contributed by atoms with Crippen molar-refractivity contribution in [1.29, 1.82) is 0 Å². The number of hydrogen-bond acceptors (Lipinski definition) is 8. The molecule has 2 aliphatic heterocycles. The van der Waals surface area contributed by atoms with Crippen LogP contribution in [0.15, 0.2) is 35.3 Å². The minimum Gasteiger partial charge on any atom is -0.475 e. The summed E-state index contributed by atoms with van der Waals surface area (Å²) in [6.45, 7) is 5.29. The average molecular weight is 556 g/mol. The fourth-order valence-electron chi connectivity index (χ4n) is 3.51. The Hall–Kier alpha value is -3.40. The second-order valence-electron chi connectivity index (χ2n) is 8.12. The number of carboxylic acid groups (broad SMARTS) is 2. The lowest BCUT2D eigenvalue weighted by atomic mass is 10.1. The molecule has 0 spiro atoms. The molecule has 4 rings (SSSR count).